The molecule has 7 heteroatoms. The third kappa shape index (κ3) is 5.69. The summed E-state index contributed by atoms with van der Waals surface area (Å²) in [5.41, 5.74) is 1.25. The van der Waals surface area contributed by atoms with E-state index in [4.69, 9.17) is 9.47 Å². The number of hydrogen-bond acceptors (Lipinski definition) is 5. The molecule has 33 heavy (non-hydrogen) atoms. The molecule has 0 radical (unpaired) electrons. The highest BCUT2D eigenvalue weighted by Gasteiger charge is 2.19. The zero-order chi connectivity index (χ0) is 23.0. The number of hydrogen-bond donors (Lipinski definition) is 2. The Morgan fingerprint density at radius 1 is 0.970 bits per heavy atom. The summed E-state index contributed by atoms with van der Waals surface area (Å²) in [4.78, 5) is 28.3. The summed E-state index contributed by atoms with van der Waals surface area (Å²) < 4.78 is 10.8. The maximum absolute atomic E-state index is 13.0. The number of nitrogens with one attached hydrogen (secondary N) is 2. The Bertz CT molecular complexity index is 1130. The molecule has 1 aliphatic rings. The topological polar surface area (TPSA) is 79.9 Å². The largest absolute Gasteiger partial charge is 0.495 e. The van der Waals surface area contributed by atoms with Crippen LogP contribution < -0.4 is 15.4 Å². The van der Waals surface area contributed by atoms with Gasteiger partial charge in [-0.3, -0.25) is 14.5 Å². The van der Waals surface area contributed by atoms with Crippen molar-refractivity contribution in [3.8, 4) is 5.75 Å². The lowest BCUT2D eigenvalue weighted by atomic mass is 10.1. The molecule has 1 saturated heterocycles. The van der Waals surface area contributed by atoms with Crippen molar-refractivity contribution >= 4 is 28.3 Å². The molecule has 0 spiro atoms. The number of carbonyl (C=O) groups excluding carboxylic acids is 2. The Hall–Kier alpha value is -3.42. The molecule has 0 saturated carbocycles. The van der Waals surface area contributed by atoms with Crippen LogP contribution in [0.15, 0.2) is 60.7 Å². The van der Waals surface area contributed by atoms with Crippen molar-refractivity contribution in [2.24, 2.45) is 0 Å². The van der Waals surface area contributed by atoms with Gasteiger partial charge in [-0.05, 0) is 48.0 Å². The first-order valence-electron chi connectivity index (χ1n) is 11.2. The number of fused-ring (bicyclic) bond motifs is 1. The number of amides is 2. The highest BCUT2D eigenvalue weighted by atomic mass is 16.5. The number of carbonyl (C=O) groups is 2. The number of para-hydroxylation sites is 1. The molecular weight excluding hydrogens is 418 g/mol. The van der Waals surface area contributed by atoms with Gasteiger partial charge in [-0.25, -0.2) is 0 Å². The molecule has 1 aliphatic heterocycles. The number of benzene rings is 3. The summed E-state index contributed by atoms with van der Waals surface area (Å²) >= 11 is 0. The number of morpholine rings is 1. The number of ether oxygens (including phenoxy) is 2. The SMILES string of the molecule is COc1cccc(C(=O)NCCCN2CCOCC2)c1NC(=O)c1ccc2ccccc2c1. The van der Waals surface area contributed by atoms with Gasteiger partial charge in [0, 0.05) is 25.2 Å². The van der Waals surface area contributed by atoms with E-state index in [2.05, 4.69) is 15.5 Å². The van der Waals surface area contributed by atoms with Gasteiger partial charge in [0.15, 0.2) is 0 Å². The summed E-state index contributed by atoms with van der Waals surface area (Å²) in [5, 5.41) is 7.89. The van der Waals surface area contributed by atoms with Crippen molar-refractivity contribution in [1.29, 1.82) is 0 Å². The van der Waals surface area contributed by atoms with Crippen LogP contribution in [0.1, 0.15) is 27.1 Å². The molecule has 2 N–H and O–H groups in total. The van der Waals surface area contributed by atoms with Crippen molar-refractivity contribution in [3.05, 3.63) is 71.8 Å². The molecule has 7 nitrogen and oxygen atoms in total. The molecule has 0 aromatic heterocycles. The van der Waals surface area contributed by atoms with E-state index in [1.54, 1.807) is 24.3 Å². The second kappa shape index (κ2) is 10.9. The number of nitrogens with zero attached hydrogens (tertiary/aromatic N) is 1. The van der Waals surface area contributed by atoms with E-state index < -0.39 is 0 Å². The predicted octanol–water partition coefficient (Wildman–Crippen LogP) is 3.55. The van der Waals surface area contributed by atoms with Crippen LogP contribution >= 0.6 is 0 Å². The quantitative estimate of drug-likeness (QED) is 0.516. The van der Waals surface area contributed by atoms with Crippen LogP contribution in [0.25, 0.3) is 10.8 Å². The molecule has 3 aromatic rings. The van der Waals surface area contributed by atoms with Crippen LogP contribution in [0.5, 0.6) is 5.75 Å². The highest BCUT2D eigenvalue weighted by Crippen LogP contribution is 2.29. The van der Waals surface area contributed by atoms with Gasteiger partial charge in [0.1, 0.15) is 5.75 Å². The van der Waals surface area contributed by atoms with Crippen molar-refractivity contribution in [2.75, 3.05) is 51.8 Å². The molecule has 1 heterocycles. The third-order valence-electron chi connectivity index (χ3n) is 5.78. The second-order valence-corrected chi connectivity index (χ2v) is 7.96. The van der Waals surface area contributed by atoms with Crippen LogP contribution in [0.2, 0.25) is 0 Å². The Morgan fingerprint density at radius 2 is 1.76 bits per heavy atom. The van der Waals surface area contributed by atoms with Crippen molar-refractivity contribution in [1.82, 2.24) is 10.2 Å². The lowest BCUT2D eigenvalue weighted by molar-refractivity contribution is 0.0374. The van der Waals surface area contributed by atoms with E-state index in [0.29, 0.717) is 29.1 Å². The standard InChI is InChI=1S/C26H29N3O4/c1-32-23-9-4-8-22(26(31)27-12-5-13-29-14-16-33-17-15-29)24(23)28-25(30)21-11-10-19-6-2-3-7-20(19)18-21/h2-4,6-11,18H,5,12-17H2,1H3,(H,27,31)(H,28,30). The van der Waals surface area contributed by atoms with Crippen molar-refractivity contribution in [3.63, 3.8) is 0 Å². The van der Waals surface area contributed by atoms with Gasteiger partial charge in [-0.2, -0.15) is 0 Å². The minimum absolute atomic E-state index is 0.246. The first kappa shape index (κ1) is 22.8. The maximum atomic E-state index is 13.0. The van der Waals surface area contributed by atoms with Gasteiger partial charge in [0.05, 0.1) is 31.6 Å². The van der Waals surface area contributed by atoms with Crippen molar-refractivity contribution in [2.45, 2.75) is 6.42 Å². The normalized spacial score (nSPS) is 14.1. The minimum atomic E-state index is -0.299. The molecular formula is C26H29N3O4. The smallest absolute Gasteiger partial charge is 0.255 e. The summed E-state index contributed by atoms with van der Waals surface area (Å²) in [5.74, 6) is -0.110. The van der Waals surface area contributed by atoms with E-state index in [1.807, 2.05) is 36.4 Å². The summed E-state index contributed by atoms with van der Waals surface area (Å²) in [7, 11) is 1.52. The zero-order valence-corrected chi connectivity index (χ0v) is 18.8. The van der Waals surface area contributed by atoms with Gasteiger partial charge in [-0.1, -0.05) is 36.4 Å². The summed E-state index contributed by atoms with van der Waals surface area (Å²) in [6, 6.07) is 18.5. The van der Waals surface area contributed by atoms with Crippen LogP contribution in [-0.4, -0.2) is 63.2 Å². The Morgan fingerprint density at radius 3 is 2.55 bits per heavy atom. The van der Waals surface area contributed by atoms with Gasteiger partial charge < -0.3 is 20.1 Å². The third-order valence-corrected chi connectivity index (χ3v) is 5.78. The average Bonchev–Trinajstić information content (AvgIpc) is 2.87. The first-order chi connectivity index (χ1) is 16.2. The molecule has 0 bridgehead atoms. The predicted molar refractivity (Wildman–Crippen MR) is 129 cm³/mol. The van der Waals surface area contributed by atoms with Gasteiger partial charge in [0.25, 0.3) is 11.8 Å². The van der Waals surface area contributed by atoms with Crippen molar-refractivity contribution < 1.29 is 19.1 Å². The molecule has 4 rings (SSSR count). The van der Waals surface area contributed by atoms with Gasteiger partial charge in [0.2, 0.25) is 0 Å². The van der Waals surface area contributed by atoms with E-state index in [9.17, 15) is 9.59 Å². The molecule has 1 fully saturated rings. The summed E-state index contributed by atoms with van der Waals surface area (Å²) in [6.45, 7) is 4.83. The fourth-order valence-electron chi connectivity index (χ4n) is 3.96. The van der Waals surface area contributed by atoms with Gasteiger partial charge in [-0.15, -0.1) is 0 Å². The minimum Gasteiger partial charge on any atom is -0.495 e. The van der Waals surface area contributed by atoms with E-state index in [-0.39, 0.29) is 11.8 Å². The number of methoxy groups -OCH3 is 1. The maximum Gasteiger partial charge on any atom is 0.255 e. The number of anilines is 1. The first-order valence-corrected chi connectivity index (χ1v) is 11.2. The molecule has 0 unspecified atom stereocenters. The summed E-state index contributed by atoms with van der Waals surface area (Å²) in [6.07, 6.45) is 0.842. The molecule has 3 aromatic carbocycles. The van der Waals surface area contributed by atoms with Crippen LogP contribution in [0, 0.1) is 0 Å². The fraction of sp³-hybridized carbons (Fsp3) is 0.308. The molecule has 2 amide bonds. The lowest BCUT2D eigenvalue weighted by Crippen LogP contribution is -2.38. The van der Waals surface area contributed by atoms with Crippen LogP contribution in [-0.2, 0) is 4.74 Å². The Kier molecular flexibility index (Phi) is 7.55. The van der Waals surface area contributed by atoms with E-state index in [1.165, 1.54) is 7.11 Å². The fourth-order valence-corrected chi connectivity index (χ4v) is 3.96. The highest BCUT2D eigenvalue weighted by molar-refractivity contribution is 6.11. The molecule has 172 valence electrons. The van der Waals surface area contributed by atoms with E-state index in [0.717, 1.165) is 50.0 Å². The number of rotatable bonds is 8. The van der Waals surface area contributed by atoms with Crippen LogP contribution in [0.3, 0.4) is 0 Å². The van der Waals surface area contributed by atoms with E-state index >= 15 is 0 Å². The average molecular weight is 448 g/mol. The zero-order valence-electron chi connectivity index (χ0n) is 18.8. The lowest BCUT2D eigenvalue weighted by Gasteiger charge is -2.26. The second-order valence-electron chi connectivity index (χ2n) is 7.96. The van der Waals surface area contributed by atoms with Crippen LogP contribution in [0.4, 0.5) is 5.69 Å². The molecule has 0 aliphatic carbocycles. The molecule has 0 atom stereocenters. The Balaban J connectivity index is 1.44. The monoisotopic (exact) mass is 447 g/mol. The van der Waals surface area contributed by atoms with Gasteiger partial charge >= 0.3 is 0 Å². The Labute approximate surface area is 193 Å².